The Balaban J connectivity index is 2.03. The van der Waals surface area contributed by atoms with Gasteiger partial charge in [0.05, 0.1) is 17.6 Å². The number of hydrogen-bond donors (Lipinski definition) is 1. The van der Waals surface area contributed by atoms with E-state index in [4.69, 9.17) is 5.73 Å². The molecule has 3 heterocycles. The second-order valence-corrected chi connectivity index (χ2v) is 9.46. The maximum Gasteiger partial charge on any atom is 0.244 e. The van der Waals surface area contributed by atoms with Crippen molar-refractivity contribution in [3.05, 3.63) is 65.0 Å². The maximum atomic E-state index is 14.2. The van der Waals surface area contributed by atoms with Crippen LogP contribution in [0.5, 0.6) is 0 Å². The fraction of sp³-hybridized carbons (Fsp3) is 0.333. The van der Waals surface area contributed by atoms with Crippen LogP contribution in [0.25, 0.3) is 11.0 Å². The minimum Gasteiger partial charge on any atom is -0.336 e. The first kappa shape index (κ1) is 22.1. The highest BCUT2D eigenvalue weighted by molar-refractivity contribution is 7.89. The molecule has 0 fully saturated rings. The topological polar surface area (TPSA) is 94.1 Å². The van der Waals surface area contributed by atoms with Crippen molar-refractivity contribution in [1.29, 1.82) is 0 Å². The van der Waals surface area contributed by atoms with E-state index in [1.165, 1.54) is 26.4 Å². The molecule has 0 spiro atoms. The Labute approximate surface area is 176 Å². The second-order valence-electron chi connectivity index (χ2n) is 7.31. The van der Waals surface area contributed by atoms with Gasteiger partial charge in [-0.15, -0.1) is 0 Å². The van der Waals surface area contributed by atoms with Crippen LogP contribution in [-0.2, 0) is 23.0 Å². The number of aryl methyl sites for hydroxylation is 1. The molecule has 0 radical (unpaired) electrons. The number of rotatable bonds is 7. The number of fused-ring (bicyclic) bond motifs is 1. The summed E-state index contributed by atoms with van der Waals surface area (Å²) in [4.78, 5) is 9.15. The molecule has 0 aliphatic rings. The first-order valence-electron chi connectivity index (χ1n) is 9.52. The molecule has 160 valence electrons. The number of hydrogen-bond acceptors (Lipinski definition) is 5. The van der Waals surface area contributed by atoms with Gasteiger partial charge in [-0.05, 0) is 44.2 Å². The van der Waals surface area contributed by atoms with E-state index >= 15 is 0 Å². The van der Waals surface area contributed by atoms with Gasteiger partial charge in [0.1, 0.15) is 10.7 Å². The lowest BCUT2D eigenvalue weighted by molar-refractivity contribution is 0.520. The van der Waals surface area contributed by atoms with Crippen LogP contribution in [0.4, 0.5) is 4.39 Å². The highest BCUT2D eigenvalue weighted by atomic mass is 32.2. The molecule has 9 heteroatoms. The summed E-state index contributed by atoms with van der Waals surface area (Å²) >= 11 is 0. The van der Waals surface area contributed by atoms with Crippen LogP contribution < -0.4 is 5.73 Å². The lowest BCUT2D eigenvalue weighted by atomic mass is 10.1. The summed E-state index contributed by atoms with van der Waals surface area (Å²) < 4.78 is 41.7. The molecule has 0 unspecified atom stereocenters. The number of sulfonamides is 1. The number of nitrogens with two attached hydrogens (primary N) is 1. The lowest BCUT2D eigenvalue weighted by Crippen LogP contribution is -2.22. The lowest BCUT2D eigenvalue weighted by Gasteiger charge is -2.11. The van der Waals surface area contributed by atoms with Crippen molar-refractivity contribution in [2.75, 3.05) is 20.6 Å². The number of allylic oxidation sites excluding steroid dienone is 1. The van der Waals surface area contributed by atoms with Crippen molar-refractivity contribution in [1.82, 2.24) is 18.8 Å². The second kappa shape index (κ2) is 8.63. The molecule has 0 atom stereocenters. The third-order valence-corrected chi connectivity index (χ3v) is 6.81. The largest absolute Gasteiger partial charge is 0.336 e. The van der Waals surface area contributed by atoms with Gasteiger partial charge in [0.2, 0.25) is 10.0 Å². The Morgan fingerprint density at radius 2 is 1.97 bits per heavy atom. The van der Waals surface area contributed by atoms with Crippen LogP contribution in [0.3, 0.4) is 0 Å². The summed E-state index contributed by atoms with van der Waals surface area (Å²) in [5.74, 6) is -0.305. The molecule has 30 heavy (non-hydrogen) atoms. The monoisotopic (exact) mass is 431 g/mol. The third-order valence-electron chi connectivity index (χ3n) is 5.01. The summed E-state index contributed by atoms with van der Waals surface area (Å²) in [5, 5.41) is 0. The molecule has 3 aromatic heterocycles. The first-order chi connectivity index (χ1) is 14.1. The Morgan fingerprint density at radius 1 is 1.23 bits per heavy atom. The number of aromatic nitrogens is 3. The third kappa shape index (κ3) is 4.28. The summed E-state index contributed by atoms with van der Waals surface area (Å²) in [7, 11) is -0.574. The average Bonchev–Trinajstić information content (AvgIpc) is 2.93. The zero-order chi connectivity index (χ0) is 22.1. The average molecular weight is 432 g/mol. The van der Waals surface area contributed by atoms with Gasteiger partial charge in [-0.25, -0.2) is 17.1 Å². The van der Waals surface area contributed by atoms with Crippen LogP contribution >= 0.6 is 0 Å². The molecule has 0 saturated carbocycles. The van der Waals surface area contributed by atoms with Gasteiger partial charge < -0.3 is 10.3 Å². The predicted octanol–water partition coefficient (Wildman–Crippen LogP) is 2.70. The molecule has 3 aromatic rings. The summed E-state index contributed by atoms with van der Waals surface area (Å²) in [6.07, 6.45) is 3.18. The van der Waals surface area contributed by atoms with E-state index in [2.05, 4.69) is 9.97 Å². The molecule has 0 amide bonds. The molecular weight excluding hydrogens is 405 g/mol. The van der Waals surface area contributed by atoms with E-state index in [-0.39, 0.29) is 23.8 Å². The van der Waals surface area contributed by atoms with Crippen molar-refractivity contribution in [3.8, 4) is 0 Å². The van der Waals surface area contributed by atoms with E-state index in [1.807, 2.05) is 30.5 Å². The standard InChI is InChI=1S/C21H26FN5O2S/c1-14-5-8-20-21(25-14)19(15(2)27(20)13-16(22)9-10-23)11-17-6-7-18(12-24-17)30(28,29)26(3)4/h5-9,12H,10-11,13,23H2,1-4H3. The van der Waals surface area contributed by atoms with Crippen molar-refractivity contribution in [3.63, 3.8) is 0 Å². The molecule has 0 aromatic carbocycles. The number of halogens is 1. The Morgan fingerprint density at radius 3 is 2.57 bits per heavy atom. The van der Waals surface area contributed by atoms with Gasteiger partial charge in [0.15, 0.2) is 0 Å². The van der Waals surface area contributed by atoms with Crippen molar-refractivity contribution < 1.29 is 12.8 Å². The van der Waals surface area contributed by atoms with Crippen LogP contribution in [0.2, 0.25) is 0 Å². The van der Waals surface area contributed by atoms with Crippen LogP contribution in [0.1, 0.15) is 22.6 Å². The molecule has 3 rings (SSSR count). The molecule has 7 nitrogen and oxygen atoms in total. The number of pyridine rings is 2. The minimum absolute atomic E-state index is 0.0811. The van der Waals surface area contributed by atoms with Gasteiger partial charge in [-0.3, -0.25) is 9.97 Å². The molecule has 0 saturated heterocycles. The Hall–Kier alpha value is -2.62. The summed E-state index contributed by atoms with van der Waals surface area (Å²) in [5.41, 5.74) is 10.4. The smallest absolute Gasteiger partial charge is 0.244 e. The normalized spacial score (nSPS) is 12.8. The van der Waals surface area contributed by atoms with E-state index in [0.29, 0.717) is 12.1 Å². The Kier molecular flexibility index (Phi) is 6.35. The fourth-order valence-electron chi connectivity index (χ4n) is 3.32. The fourth-order valence-corrected chi connectivity index (χ4v) is 4.17. The van der Waals surface area contributed by atoms with E-state index in [1.54, 1.807) is 12.1 Å². The van der Waals surface area contributed by atoms with Gasteiger partial charge in [-0.2, -0.15) is 0 Å². The van der Waals surface area contributed by atoms with E-state index in [0.717, 1.165) is 32.3 Å². The van der Waals surface area contributed by atoms with E-state index in [9.17, 15) is 12.8 Å². The molecule has 0 aliphatic heterocycles. The van der Waals surface area contributed by atoms with Crippen molar-refractivity contribution in [2.24, 2.45) is 5.73 Å². The summed E-state index contributed by atoms with van der Waals surface area (Å²) in [6.45, 7) is 4.05. The summed E-state index contributed by atoms with van der Waals surface area (Å²) in [6, 6.07) is 7.08. The highest BCUT2D eigenvalue weighted by Crippen LogP contribution is 2.28. The zero-order valence-corrected chi connectivity index (χ0v) is 18.4. The van der Waals surface area contributed by atoms with E-state index < -0.39 is 10.0 Å². The van der Waals surface area contributed by atoms with Crippen molar-refractivity contribution >= 4 is 21.1 Å². The molecule has 2 N–H and O–H groups in total. The van der Waals surface area contributed by atoms with Gasteiger partial charge >= 0.3 is 0 Å². The molecule has 0 aliphatic carbocycles. The van der Waals surface area contributed by atoms with Crippen LogP contribution in [-0.4, -0.2) is 47.9 Å². The Bertz CT molecular complexity index is 1200. The zero-order valence-electron chi connectivity index (χ0n) is 17.6. The first-order valence-corrected chi connectivity index (χ1v) is 11.0. The highest BCUT2D eigenvalue weighted by Gasteiger charge is 2.20. The maximum absolute atomic E-state index is 14.2. The predicted molar refractivity (Wildman–Crippen MR) is 115 cm³/mol. The molecule has 0 bridgehead atoms. The van der Waals surface area contributed by atoms with Gasteiger partial charge in [0, 0.05) is 55.9 Å². The SMILES string of the molecule is Cc1ccc2c(n1)c(Cc1ccc(S(=O)(=O)N(C)C)cn1)c(C)n2CC(F)=CCN. The van der Waals surface area contributed by atoms with Crippen LogP contribution in [0.15, 0.2) is 47.3 Å². The number of nitrogens with zero attached hydrogens (tertiary/aromatic N) is 4. The van der Waals surface area contributed by atoms with Gasteiger partial charge in [0.25, 0.3) is 0 Å². The molecular formula is C21H26FN5O2S. The van der Waals surface area contributed by atoms with Gasteiger partial charge in [-0.1, -0.05) is 0 Å². The quantitative estimate of drug-likeness (QED) is 0.621. The van der Waals surface area contributed by atoms with Crippen LogP contribution in [0, 0.1) is 13.8 Å². The minimum atomic E-state index is -3.53. The van der Waals surface area contributed by atoms with Crippen molar-refractivity contribution in [2.45, 2.75) is 31.7 Å².